The van der Waals surface area contributed by atoms with Crippen LogP contribution in [0.15, 0.2) is 48.5 Å². The van der Waals surface area contributed by atoms with Gasteiger partial charge in [0.15, 0.2) is 6.04 Å². The highest BCUT2D eigenvalue weighted by Gasteiger charge is 2.41. The number of aliphatic hydroxyl groups is 3. The number of phenols is 2. The molecule has 1 heterocycles. The summed E-state index contributed by atoms with van der Waals surface area (Å²) in [6, 6.07) is -3.11. The minimum Gasteiger partial charge on any atom is -0.508 e. The number of rotatable bonds is 31. The normalized spacial score (nSPS) is 16.6. The van der Waals surface area contributed by atoms with E-state index in [1.165, 1.54) is 48.5 Å². The Hall–Kier alpha value is -7.95. The SMILES string of the molecule is CC(C)C[C@H](NC(=O)[C@@H]1CCCN1C(=O)[C@H](Cc1ccc(O)cc1)NC(=O)[C@H](CO)NC(=O)[C@H](CO)NC(=O)[C@H](Cc1ccc(O)cc1)NC(=O)[C@H](CCC(N)=O)NC(=O)[C@@H](N)CCC(N)=O)C(=O)N[C@H](C(=O)O)[C@@H](C)O. The molecule has 19 N–H and O–H groups in total. The largest absolute Gasteiger partial charge is 0.508 e. The predicted molar refractivity (Wildman–Crippen MR) is 270 cm³/mol. The molecule has 0 aliphatic carbocycles. The van der Waals surface area contributed by atoms with Crippen molar-refractivity contribution in [2.45, 2.75) is 139 Å². The van der Waals surface area contributed by atoms with E-state index in [9.17, 15) is 83.4 Å². The molecule has 1 aliphatic heterocycles. The number of carboxylic acids is 1. The van der Waals surface area contributed by atoms with E-state index in [0.717, 1.165) is 11.8 Å². The number of phenolic OH excluding ortho intramolecular Hbond substituents is 2. The number of aliphatic carboxylic acids is 1. The third kappa shape index (κ3) is 20.6. The average molecular weight is 1090 g/mol. The van der Waals surface area contributed by atoms with E-state index in [4.69, 9.17) is 17.2 Å². The van der Waals surface area contributed by atoms with E-state index < -0.39 is 145 Å². The van der Waals surface area contributed by atoms with Crippen LogP contribution in [0.25, 0.3) is 0 Å². The lowest BCUT2D eigenvalue weighted by molar-refractivity contribution is -0.146. The second-order valence-electron chi connectivity index (χ2n) is 19.0. The first-order chi connectivity index (χ1) is 36.2. The molecule has 10 atom stereocenters. The lowest BCUT2D eigenvalue weighted by Gasteiger charge is -2.31. The molecule has 10 amide bonds. The Morgan fingerprint density at radius 1 is 0.584 bits per heavy atom. The van der Waals surface area contributed by atoms with Gasteiger partial charge in [0, 0.05) is 32.2 Å². The third-order valence-electron chi connectivity index (χ3n) is 12.2. The highest BCUT2D eigenvalue weighted by atomic mass is 16.4. The molecule has 3 rings (SSSR count). The molecule has 0 aromatic heterocycles. The summed E-state index contributed by atoms with van der Waals surface area (Å²) in [6.45, 7) is 2.41. The maximum absolute atomic E-state index is 14.5. The smallest absolute Gasteiger partial charge is 0.328 e. The van der Waals surface area contributed by atoms with E-state index in [1.807, 2.05) is 0 Å². The maximum Gasteiger partial charge on any atom is 0.328 e. The summed E-state index contributed by atoms with van der Waals surface area (Å²) in [4.78, 5) is 146. The van der Waals surface area contributed by atoms with Crippen molar-refractivity contribution in [2.24, 2.45) is 23.1 Å². The van der Waals surface area contributed by atoms with Crippen molar-refractivity contribution < 1.29 is 83.4 Å². The van der Waals surface area contributed by atoms with E-state index in [-0.39, 0.29) is 75.3 Å². The molecule has 1 fully saturated rings. The molecule has 28 nitrogen and oxygen atoms in total. The zero-order valence-electron chi connectivity index (χ0n) is 42.8. The number of carbonyl (C=O) groups excluding carboxylic acids is 10. The number of nitrogens with one attached hydrogen (secondary N) is 7. The van der Waals surface area contributed by atoms with Gasteiger partial charge >= 0.3 is 5.97 Å². The van der Waals surface area contributed by atoms with Gasteiger partial charge in [-0.15, -0.1) is 0 Å². The summed E-state index contributed by atoms with van der Waals surface area (Å²) in [7, 11) is 0. The van der Waals surface area contributed by atoms with Gasteiger partial charge in [0.2, 0.25) is 59.1 Å². The van der Waals surface area contributed by atoms with Crippen LogP contribution in [0.2, 0.25) is 0 Å². The molecule has 0 saturated carbocycles. The Labute approximate surface area is 442 Å². The first kappa shape index (κ1) is 63.3. The van der Waals surface area contributed by atoms with Crippen LogP contribution < -0.4 is 54.4 Å². The van der Waals surface area contributed by atoms with Crippen LogP contribution in [-0.2, 0) is 65.6 Å². The topological polar surface area (TPSA) is 475 Å². The quantitative estimate of drug-likeness (QED) is 0.0335. The highest BCUT2D eigenvalue weighted by Crippen LogP contribution is 2.22. The van der Waals surface area contributed by atoms with Crippen molar-refractivity contribution in [3.8, 4) is 11.5 Å². The van der Waals surface area contributed by atoms with Gasteiger partial charge in [0.1, 0.15) is 53.8 Å². The lowest BCUT2D eigenvalue weighted by Crippen LogP contribution is -2.61. The molecule has 0 radical (unpaired) electrons. The second kappa shape index (κ2) is 30.6. The molecule has 77 heavy (non-hydrogen) atoms. The maximum atomic E-state index is 14.5. The number of benzene rings is 2. The third-order valence-corrected chi connectivity index (χ3v) is 12.2. The van der Waals surface area contributed by atoms with E-state index >= 15 is 0 Å². The van der Waals surface area contributed by atoms with Crippen molar-refractivity contribution in [3.63, 3.8) is 0 Å². The molecule has 2 aromatic carbocycles. The van der Waals surface area contributed by atoms with Crippen LogP contribution in [-0.4, -0.2) is 181 Å². The summed E-state index contributed by atoms with van der Waals surface area (Å²) in [5, 5.41) is 76.5. The van der Waals surface area contributed by atoms with Gasteiger partial charge < -0.3 is 90.0 Å². The van der Waals surface area contributed by atoms with Gasteiger partial charge in [0.05, 0.1) is 25.4 Å². The average Bonchev–Trinajstić information content (AvgIpc) is 3.87. The van der Waals surface area contributed by atoms with Crippen molar-refractivity contribution >= 4 is 65.0 Å². The standard InChI is InChI=1S/C49H71N11O17/c1-24(2)19-32(44(71)59-40(25(3)63)49(76)77)55-47(74)37-5-4-18-60(37)48(75)34(21-27-8-12-29(65)13-9-27)56-45(72)35(22-61)58-46(73)36(23-62)57-43(70)33(20-26-6-10-28(64)11-7-26)54-42(69)31(15-17-39(52)67)53-41(68)30(50)14-16-38(51)66/h6-13,24-25,30-37,40,61-65H,4-5,14-23,50H2,1-3H3,(H2,51,66)(H2,52,67)(H,53,68)(H,54,69)(H,55,74)(H,56,72)(H,57,70)(H,58,73)(H,59,71)(H,76,77)/t25-,30+,31+,32+,33+,34+,35+,36+,37+,40+/m1/s1. The highest BCUT2D eigenvalue weighted by molar-refractivity contribution is 5.98. The number of carbonyl (C=O) groups is 11. The van der Waals surface area contributed by atoms with Crippen LogP contribution >= 0.6 is 0 Å². The minimum atomic E-state index is -1.89. The van der Waals surface area contributed by atoms with Crippen molar-refractivity contribution in [3.05, 3.63) is 59.7 Å². The first-order valence-electron chi connectivity index (χ1n) is 24.7. The minimum absolute atomic E-state index is 0.00942. The summed E-state index contributed by atoms with van der Waals surface area (Å²) in [5.41, 5.74) is 17.0. The van der Waals surface area contributed by atoms with Crippen molar-refractivity contribution in [1.82, 2.24) is 42.1 Å². The van der Waals surface area contributed by atoms with E-state index in [1.54, 1.807) is 13.8 Å². The van der Waals surface area contributed by atoms with Gasteiger partial charge in [-0.3, -0.25) is 47.9 Å². The molecule has 424 valence electrons. The second-order valence-corrected chi connectivity index (χ2v) is 19.0. The van der Waals surface area contributed by atoms with E-state index in [2.05, 4.69) is 37.2 Å². The molecule has 28 heteroatoms. The number of primary amides is 2. The van der Waals surface area contributed by atoms with Crippen LogP contribution in [0.3, 0.4) is 0 Å². The van der Waals surface area contributed by atoms with Gasteiger partial charge in [-0.05, 0) is 80.3 Å². The molecular weight excluding hydrogens is 1010 g/mol. The predicted octanol–water partition coefficient (Wildman–Crippen LogP) is -5.38. The van der Waals surface area contributed by atoms with Gasteiger partial charge in [-0.25, -0.2) is 4.79 Å². The zero-order chi connectivity index (χ0) is 57.7. The number of amides is 10. The zero-order valence-corrected chi connectivity index (χ0v) is 42.8. The number of carboxylic acid groups (broad SMARTS) is 1. The monoisotopic (exact) mass is 1090 g/mol. The van der Waals surface area contributed by atoms with Crippen molar-refractivity contribution in [2.75, 3.05) is 19.8 Å². The fraction of sp³-hybridized carbons (Fsp3) is 0.531. The van der Waals surface area contributed by atoms with Gasteiger partial charge in [-0.1, -0.05) is 38.1 Å². The number of aromatic hydroxyl groups is 2. The number of nitrogens with zero attached hydrogens (tertiary/aromatic N) is 1. The molecule has 2 aromatic rings. The summed E-state index contributed by atoms with van der Waals surface area (Å²) >= 11 is 0. The molecule has 1 aliphatic rings. The van der Waals surface area contributed by atoms with Crippen LogP contribution in [0.4, 0.5) is 0 Å². The first-order valence-corrected chi connectivity index (χ1v) is 24.7. The molecule has 0 unspecified atom stereocenters. The molecule has 0 bridgehead atoms. The Kier molecular flexibility index (Phi) is 25.1. The van der Waals surface area contributed by atoms with Crippen LogP contribution in [0.1, 0.15) is 76.8 Å². The molecular formula is C49H71N11O17. The Balaban J connectivity index is 1.87. The van der Waals surface area contributed by atoms with Gasteiger partial charge in [-0.2, -0.15) is 0 Å². The van der Waals surface area contributed by atoms with E-state index in [0.29, 0.717) is 11.1 Å². The Bertz CT molecular complexity index is 2410. The lowest BCUT2D eigenvalue weighted by atomic mass is 10.0. The van der Waals surface area contributed by atoms with Crippen LogP contribution in [0.5, 0.6) is 11.5 Å². The Morgan fingerprint density at radius 2 is 1.01 bits per heavy atom. The Morgan fingerprint density at radius 3 is 1.48 bits per heavy atom. The number of nitrogens with two attached hydrogens (primary N) is 3. The number of hydrogen-bond acceptors (Lipinski definition) is 17. The number of hydrogen-bond donors (Lipinski definition) is 16. The van der Waals surface area contributed by atoms with Crippen molar-refractivity contribution in [1.29, 1.82) is 0 Å². The van der Waals surface area contributed by atoms with Gasteiger partial charge in [0.25, 0.3) is 0 Å². The number of aliphatic hydroxyl groups excluding tert-OH is 3. The molecule has 0 spiro atoms. The fourth-order valence-corrected chi connectivity index (χ4v) is 8.00. The summed E-state index contributed by atoms with van der Waals surface area (Å²) < 4.78 is 0. The number of likely N-dealkylation sites (tertiary alicyclic amines) is 1. The summed E-state index contributed by atoms with van der Waals surface area (Å²) in [6.07, 6.45) is -2.95. The molecule has 1 saturated heterocycles. The summed E-state index contributed by atoms with van der Waals surface area (Å²) in [5.74, 6) is -11.6. The fourth-order valence-electron chi connectivity index (χ4n) is 8.00. The van der Waals surface area contributed by atoms with Crippen LogP contribution in [0, 0.1) is 5.92 Å².